The molecule has 0 saturated carbocycles. The van der Waals surface area contributed by atoms with Gasteiger partial charge in [0.15, 0.2) is 17.0 Å². The number of amides is 1. The molecule has 124 valence electrons. The van der Waals surface area contributed by atoms with Crippen LogP contribution in [0.2, 0.25) is 0 Å². The van der Waals surface area contributed by atoms with Crippen LogP contribution in [0.3, 0.4) is 0 Å². The molecule has 0 fully saturated rings. The van der Waals surface area contributed by atoms with Gasteiger partial charge in [-0.2, -0.15) is 0 Å². The summed E-state index contributed by atoms with van der Waals surface area (Å²) in [5.41, 5.74) is 1.87. The summed E-state index contributed by atoms with van der Waals surface area (Å²) in [5.74, 6) is 0.568. The van der Waals surface area contributed by atoms with Crippen LogP contribution in [0.25, 0.3) is 0 Å². The molecule has 1 amide bonds. The molecule has 2 heterocycles. The Morgan fingerprint density at radius 2 is 1.83 bits per heavy atom. The molecule has 6 heteroatoms. The number of fused-ring (bicyclic) bond motifs is 4. The van der Waals surface area contributed by atoms with Gasteiger partial charge in [-0.1, -0.05) is 0 Å². The molecule has 1 spiro atoms. The number of benzene rings is 2. The van der Waals surface area contributed by atoms with Gasteiger partial charge in [0.25, 0.3) is 5.91 Å². The Labute approximate surface area is 138 Å². The van der Waals surface area contributed by atoms with E-state index in [-0.39, 0.29) is 11.7 Å². The Balaban J connectivity index is 2.00. The second kappa shape index (κ2) is 5.21. The number of methoxy groups -OCH3 is 2. The number of nitrogens with one attached hydrogen (secondary N) is 2. The summed E-state index contributed by atoms with van der Waals surface area (Å²) in [6.07, 6.45) is 0.745. The van der Waals surface area contributed by atoms with Crippen molar-refractivity contribution in [1.82, 2.24) is 5.32 Å². The van der Waals surface area contributed by atoms with Crippen LogP contribution in [-0.4, -0.2) is 26.7 Å². The molecule has 2 aliphatic heterocycles. The number of rotatable bonds is 2. The third-order valence-corrected chi connectivity index (χ3v) is 4.77. The maximum atomic E-state index is 13.9. The Morgan fingerprint density at radius 1 is 1.08 bits per heavy atom. The summed E-state index contributed by atoms with van der Waals surface area (Å²) < 4.78 is 24.6. The minimum absolute atomic E-state index is 0.212. The molecule has 5 nitrogen and oxygen atoms in total. The van der Waals surface area contributed by atoms with Crippen molar-refractivity contribution in [3.8, 4) is 11.5 Å². The van der Waals surface area contributed by atoms with E-state index < -0.39 is 5.54 Å². The predicted octanol–water partition coefficient (Wildman–Crippen LogP) is 2.18. The normalized spacial score (nSPS) is 21.2. The maximum absolute atomic E-state index is 13.9. The summed E-state index contributed by atoms with van der Waals surface area (Å²) in [6.45, 7) is 0.603. The maximum Gasteiger partial charge on any atom is 0.254 e. The van der Waals surface area contributed by atoms with Gasteiger partial charge >= 0.3 is 0 Å². The minimum Gasteiger partial charge on any atom is -0.493 e. The van der Waals surface area contributed by atoms with Crippen LogP contribution in [0.5, 0.6) is 11.5 Å². The zero-order valence-corrected chi connectivity index (χ0v) is 13.4. The lowest BCUT2D eigenvalue weighted by Crippen LogP contribution is -2.52. The quantitative estimate of drug-likeness (QED) is 0.887. The molecular weight excluding hydrogens is 311 g/mol. The van der Waals surface area contributed by atoms with Gasteiger partial charge in [0.2, 0.25) is 0 Å². The van der Waals surface area contributed by atoms with Crippen LogP contribution in [-0.2, 0) is 16.8 Å². The fraction of sp³-hybridized carbons (Fsp3) is 0.278. The Morgan fingerprint density at radius 3 is 2.58 bits per heavy atom. The molecule has 2 N–H and O–H groups in total. The largest absolute Gasteiger partial charge is 0.493 e. The van der Waals surface area contributed by atoms with Crippen molar-refractivity contribution in [2.24, 2.45) is 0 Å². The van der Waals surface area contributed by atoms with Crippen LogP contribution in [0.4, 0.5) is 10.1 Å². The van der Waals surface area contributed by atoms with Gasteiger partial charge in [-0.25, -0.2) is 4.39 Å². The molecule has 24 heavy (non-hydrogen) atoms. The summed E-state index contributed by atoms with van der Waals surface area (Å²) in [7, 11) is 3.13. The highest BCUT2D eigenvalue weighted by Gasteiger charge is 2.51. The molecule has 0 bridgehead atoms. The van der Waals surface area contributed by atoms with Crippen LogP contribution in [0.1, 0.15) is 16.7 Å². The molecule has 0 radical (unpaired) electrons. The fourth-order valence-corrected chi connectivity index (χ4v) is 3.67. The van der Waals surface area contributed by atoms with Crippen molar-refractivity contribution in [2.75, 3.05) is 26.1 Å². The molecule has 1 atom stereocenters. The van der Waals surface area contributed by atoms with E-state index in [1.165, 1.54) is 12.1 Å². The average molecular weight is 328 g/mol. The second-order valence-electron chi connectivity index (χ2n) is 5.94. The van der Waals surface area contributed by atoms with E-state index in [0.29, 0.717) is 29.3 Å². The predicted molar refractivity (Wildman–Crippen MR) is 87.1 cm³/mol. The van der Waals surface area contributed by atoms with E-state index in [1.54, 1.807) is 26.4 Å². The molecule has 0 aromatic heterocycles. The SMILES string of the molecule is COc1cc2c(cc1OC)C1(NCC2)C(=O)Nc2ccc(F)cc21. The van der Waals surface area contributed by atoms with E-state index in [1.807, 2.05) is 6.07 Å². The Kier molecular flexibility index (Phi) is 3.25. The molecule has 0 saturated heterocycles. The van der Waals surface area contributed by atoms with Crippen molar-refractivity contribution in [3.05, 3.63) is 52.8 Å². The van der Waals surface area contributed by atoms with E-state index in [2.05, 4.69) is 10.6 Å². The van der Waals surface area contributed by atoms with Crippen molar-refractivity contribution in [1.29, 1.82) is 0 Å². The van der Waals surface area contributed by atoms with Crippen LogP contribution >= 0.6 is 0 Å². The minimum atomic E-state index is -1.11. The van der Waals surface area contributed by atoms with Gasteiger partial charge in [-0.15, -0.1) is 0 Å². The Hall–Kier alpha value is -2.60. The molecule has 4 rings (SSSR count). The molecular formula is C18H17FN2O3. The van der Waals surface area contributed by atoms with Gasteiger partial charge in [-0.05, 0) is 47.9 Å². The first kappa shape index (κ1) is 15.0. The monoisotopic (exact) mass is 328 g/mol. The van der Waals surface area contributed by atoms with Crippen molar-refractivity contribution < 1.29 is 18.7 Å². The first-order chi connectivity index (χ1) is 11.6. The standard InChI is InChI=1S/C18H17FN2O3/c1-23-15-7-10-5-6-20-18(12(10)9-16(15)24-2)13-8-11(19)3-4-14(13)21-17(18)22/h3-4,7-9,20H,5-6H2,1-2H3,(H,21,22). The zero-order chi connectivity index (χ0) is 16.9. The number of hydrogen-bond donors (Lipinski definition) is 2. The van der Waals surface area contributed by atoms with Crippen molar-refractivity contribution >= 4 is 11.6 Å². The lowest BCUT2D eigenvalue weighted by atomic mass is 9.78. The number of halogens is 1. The van der Waals surface area contributed by atoms with Gasteiger partial charge in [-0.3, -0.25) is 10.1 Å². The first-order valence-corrected chi connectivity index (χ1v) is 7.72. The highest BCUT2D eigenvalue weighted by atomic mass is 19.1. The number of carbonyl (C=O) groups is 1. The Bertz CT molecular complexity index is 852. The van der Waals surface area contributed by atoms with E-state index in [0.717, 1.165) is 17.5 Å². The topological polar surface area (TPSA) is 59.6 Å². The fourth-order valence-electron chi connectivity index (χ4n) is 3.67. The van der Waals surface area contributed by atoms with E-state index in [9.17, 15) is 9.18 Å². The highest BCUT2D eigenvalue weighted by Crippen LogP contribution is 2.46. The summed E-state index contributed by atoms with van der Waals surface area (Å²) in [6, 6.07) is 8.04. The number of ether oxygens (including phenoxy) is 2. The molecule has 2 aromatic rings. The van der Waals surface area contributed by atoms with Crippen LogP contribution in [0.15, 0.2) is 30.3 Å². The van der Waals surface area contributed by atoms with Crippen LogP contribution < -0.4 is 20.1 Å². The van der Waals surface area contributed by atoms with Gasteiger partial charge in [0.05, 0.1) is 14.2 Å². The summed E-state index contributed by atoms with van der Waals surface area (Å²) in [4.78, 5) is 12.9. The number of anilines is 1. The second-order valence-corrected chi connectivity index (χ2v) is 5.94. The number of carbonyl (C=O) groups excluding carboxylic acids is 1. The molecule has 1 unspecified atom stereocenters. The molecule has 2 aliphatic rings. The lowest BCUT2D eigenvalue weighted by molar-refractivity contribution is -0.120. The third-order valence-electron chi connectivity index (χ3n) is 4.77. The summed E-state index contributed by atoms with van der Waals surface area (Å²) >= 11 is 0. The number of hydrogen-bond acceptors (Lipinski definition) is 4. The summed E-state index contributed by atoms with van der Waals surface area (Å²) in [5, 5.41) is 6.15. The molecule has 2 aromatic carbocycles. The zero-order valence-electron chi connectivity index (χ0n) is 13.4. The highest BCUT2D eigenvalue weighted by molar-refractivity contribution is 6.08. The van der Waals surface area contributed by atoms with Crippen molar-refractivity contribution in [3.63, 3.8) is 0 Å². The van der Waals surface area contributed by atoms with Gasteiger partial charge in [0.1, 0.15) is 5.82 Å². The van der Waals surface area contributed by atoms with Gasteiger partial charge < -0.3 is 14.8 Å². The van der Waals surface area contributed by atoms with E-state index >= 15 is 0 Å². The first-order valence-electron chi connectivity index (χ1n) is 7.72. The average Bonchev–Trinajstić information content (AvgIpc) is 2.86. The van der Waals surface area contributed by atoms with Crippen LogP contribution in [0, 0.1) is 5.82 Å². The molecule has 0 aliphatic carbocycles. The third kappa shape index (κ3) is 1.86. The smallest absolute Gasteiger partial charge is 0.254 e. The van der Waals surface area contributed by atoms with E-state index in [4.69, 9.17) is 9.47 Å². The lowest BCUT2D eigenvalue weighted by Gasteiger charge is -2.36. The van der Waals surface area contributed by atoms with Crippen molar-refractivity contribution in [2.45, 2.75) is 12.0 Å². The van der Waals surface area contributed by atoms with Gasteiger partial charge in [0, 0.05) is 17.8 Å².